The lowest BCUT2D eigenvalue weighted by molar-refractivity contribution is -0.130. The molecule has 0 aliphatic rings. The van der Waals surface area contributed by atoms with E-state index in [1.807, 2.05) is 36.1 Å². The predicted octanol–water partition coefficient (Wildman–Crippen LogP) is 1.72. The van der Waals surface area contributed by atoms with Gasteiger partial charge in [0.1, 0.15) is 0 Å². The number of rotatable bonds is 10. The number of nitrogens with two attached hydrogens (primary N) is 1. The van der Waals surface area contributed by atoms with Crippen molar-refractivity contribution in [3.8, 4) is 0 Å². The summed E-state index contributed by atoms with van der Waals surface area (Å²) in [5, 5.41) is 6.35. The van der Waals surface area contributed by atoms with Gasteiger partial charge in [0.05, 0.1) is 30.0 Å². The fraction of sp³-hybridized carbons (Fsp3) is 0.348. The summed E-state index contributed by atoms with van der Waals surface area (Å²) in [5.74, 6) is 5.73. The van der Waals surface area contributed by atoms with Gasteiger partial charge in [0.25, 0.3) is 0 Å². The zero-order valence-electron chi connectivity index (χ0n) is 18.0. The first kappa shape index (κ1) is 22.5. The lowest BCUT2D eigenvalue weighted by Gasteiger charge is -2.21. The summed E-state index contributed by atoms with van der Waals surface area (Å²) < 4.78 is 4.89. The van der Waals surface area contributed by atoms with Crippen molar-refractivity contribution < 1.29 is 9.21 Å². The molecule has 3 N–H and O–H groups in total. The first-order valence-corrected chi connectivity index (χ1v) is 10.4. The highest BCUT2D eigenvalue weighted by atomic mass is 16.4. The van der Waals surface area contributed by atoms with Gasteiger partial charge in [-0.05, 0) is 55.1 Å². The second-order valence-electron chi connectivity index (χ2n) is 7.40. The van der Waals surface area contributed by atoms with E-state index in [-0.39, 0.29) is 18.0 Å². The summed E-state index contributed by atoms with van der Waals surface area (Å²) in [6.07, 6.45) is 4.19. The third kappa shape index (κ3) is 6.13. The number of hydrazine groups is 1. The van der Waals surface area contributed by atoms with E-state index in [1.54, 1.807) is 25.4 Å². The van der Waals surface area contributed by atoms with Gasteiger partial charge in [-0.3, -0.25) is 9.78 Å². The van der Waals surface area contributed by atoms with Crippen molar-refractivity contribution >= 4 is 22.4 Å². The normalized spacial score (nSPS) is 10.9. The molecule has 0 aliphatic carbocycles. The molecule has 8 heteroatoms. The van der Waals surface area contributed by atoms with E-state index < -0.39 is 0 Å². The summed E-state index contributed by atoms with van der Waals surface area (Å²) >= 11 is 0. The fourth-order valence-electron chi connectivity index (χ4n) is 3.35. The maximum Gasteiger partial charge on any atom is 0.343 e. The van der Waals surface area contributed by atoms with Crippen LogP contribution in [-0.4, -0.2) is 49.0 Å². The van der Waals surface area contributed by atoms with Gasteiger partial charge < -0.3 is 19.6 Å². The molecular formula is C23H29N5O3. The summed E-state index contributed by atoms with van der Waals surface area (Å²) in [6, 6.07) is 11.2. The van der Waals surface area contributed by atoms with Crippen LogP contribution in [0.25, 0.3) is 10.8 Å². The zero-order chi connectivity index (χ0) is 22.2. The van der Waals surface area contributed by atoms with Crippen LogP contribution in [-0.2, 0) is 17.6 Å². The Bertz CT molecular complexity index is 1060. The van der Waals surface area contributed by atoms with Crippen LogP contribution in [0.15, 0.2) is 58.1 Å². The van der Waals surface area contributed by atoms with Gasteiger partial charge in [0, 0.05) is 32.4 Å². The molecule has 8 nitrogen and oxygen atoms in total. The Hall–Kier alpha value is -3.23. The Morgan fingerprint density at radius 3 is 2.74 bits per heavy atom. The molecule has 2 heterocycles. The largest absolute Gasteiger partial charge is 0.431 e. The highest BCUT2D eigenvalue weighted by Gasteiger charge is 2.13. The quantitative estimate of drug-likeness (QED) is 0.291. The molecule has 0 spiro atoms. The van der Waals surface area contributed by atoms with Crippen LogP contribution in [0.3, 0.4) is 0 Å². The minimum atomic E-state index is -0.315. The molecule has 0 aliphatic heterocycles. The number of fused-ring (bicyclic) bond motifs is 1. The topological polar surface area (TPSA) is 105 Å². The number of hydrogen-bond acceptors (Lipinski definition) is 7. The first-order chi connectivity index (χ1) is 15.0. The van der Waals surface area contributed by atoms with Gasteiger partial charge in [0.2, 0.25) is 5.91 Å². The number of carbonyl (C=O) groups excluding carboxylic acids is 1. The molecule has 0 saturated heterocycles. The number of carbonyl (C=O) groups is 1. The second-order valence-corrected chi connectivity index (χ2v) is 7.40. The molecule has 0 fully saturated rings. The Labute approximate surface area is 181 Å². The number of amides is 1. The number of anilines is 1. The van der Waals surface area contributed by atoms with E-state index >= 15 is 0 Å². The van der Waals surface area contributed by atoms with Crippen LogP contribution >= 0.6 is 0 Å². The van der Waals surface area contributed by atoms with Crippen molar-refractivity contribution in [3.05, 3.63) is 70.5 Å². The standard InChI is InChI=1S/C23H29N5O3/c1-3-28(22(29)15-19-5-6-20(16-26-19)27(2)24)12-11-25-10-8-17-4-7-21-18(14-17)9-13-31-23(21)30/h4-7,9,13-14,16,25H,3,8,10-12,15,24H2,1-2H3. The smallest absolute Gasteiger partial charge is 0.343 e. The van der Waals surface area contributed by atoms with E-state index in [0.717, 1.165) is 35.3 Å². The van der Waals surface area contributed by atoms with Crippen molar-refractivity contribution in [1.82, 2.24) is 15.2 Å². The van der Waals surface area contributed by atoms with E-state index in [2.05, 4.69) is 10.3 Å². The maximum atomic E-state index is 12.6. The maximum absolute atomic E-state index is 12.6. The first-order valence-electron chi connectivity index (χ1n) is 10.4. The number of aromatic nitrogens is 1. The summed E-state index contributed by atoms with van der Waals surface area (Å²) in [7, 11) is 1.74. The molecule has 1 aromatic carbocycles. The van der Waals surface area contributed by atoms with Crippen molar-refractivity contribution in [2.45, 2.75) is 19.8 Å². The lowest BCUT2D eigenvalue weighted by Crippen LogP contribution is -2.38. The average molecular weight is 424 g/mol. The van der Waals surface area contributed by atoms with Gasteiger partial charge in [-0.25, -0.2) is 10.6 Å². The summed E-state index contributed by atoms with van der Waals surface area (Å²) in [4.78, 5) is 30.4. The lowest BCUT2D eigenvalue weighted by atomic mass is 10.1. The van der Waals surface area contributed by atoms with Gasteiger partial charge in [0.15, 0.2) is 0 Å². The van der Waals surface area contributed by atoms with Gasteiger partial charge in [-0.1, -0.05) is 12.1 Å². The minimum absolute atomic E-state index is 0.0546. The SMILES string of the molecule is CCN(CCNCCc1ccc2c(=O)occc2c1)C(=O)Cc1ccc(N(C)N)cn1. The second kappa shape index (κ2) is 10.7. The number of nitrogens with zero attached hydrogens (tertiary/aromatic N) is 3. The molecule has 0 saturated carbocycles. The van der Waals surface area contributed by atoms with E-state index in [1.165, 1.54) is 11.3 Å². The van der Waals surface area contributed by atoms with Crippen molar-refractivity contribution in [2.75, 3.05) is 38.2 Å². The van der Waals surface area contributed by atoms with Gasteiger partial charge in [-0.15, -0.1) is 0 Å². The Balaban J connectivity index is 1.43. The van der Waals surface area contributed by atoms with Crippen LogP contribution in [0.2, 0.25) is 0 Å². The molecule has 0 unspecified atom stereocenters. The third-order valence-electron chi connectivity index (χ3n) is 5.19. The van der Waals surface area contributed by atoms with Crippen LogP contribution in [0.4, 0.5) is 5.69 Å². The molecule has 0 bridgehead atoms. The molecule has 164 valence electrons. The Kier molecular flexibility index (Phi) is 7.75. The van der Waals surface area contributed by atoms with E-state index in [4.69, 9.17) is 10.3 Å². The molecule has 3 aromatic rings. The third-order valence-corrected chi connectivity index (χ3v) is 5.19. The number of hydrogen-bond donors (Lipinski definition) is 2. The number of benzene rings is 1. The minimum Gasteiger partial charge on any atom is -0.431 e. The van der Waals surface area contributed by atoms with Crippen molar-refractivity contribution in [2.24, 2.45) is 5.84 Å². The molecule has 0 atom stereocenters. The fourth-order valence-corrected chi connectivity index (χ4v) is 3.35. The van der Waals surface area contributed by atoms with Crippen LogP contribution in [0.5, 0.6) is 0 Å². The van der Waals surface area contributed by atoms with Crippen LogP contribution < -0.4 is 21.8 Å². The van der Waals surface area contributed by atoms with Gasteiger partial charge >= 0.3 is 5.63 Å². The molecule has 1 amide bonds. The summed E-state index contributed by atoms with van der Waals surface area (Å²) in [5.41, 5.74) is 2.35. The van der Waals surface area contributed by atoms with Crippen molar-refractivity contribution in [1.29, 1.82) is 0 Å². The zero-order valence-corrected chi connectivity index (χ0v) is 18.0. The van der Waals surface area contributed by atoms with Crippen molar-refractivity contribution in [3.63, 3.8) is 0 Å². The molecular weight excluding hydrogens is 394 g/mol. The predicted molar refractivity (Wildman–Crippen MR) is 122 cm³/mol. The average Bonchev–Trinajstić information content (AvgIpc) is 2.76. The molecule has 31 heavy (non-hydrogen) atoms. The highest BCUT2D eigenvalue weighted by Crippen LogP contribution is 2.13. The monoisotopic (exact) mass is 423 g/mol. The molecule has 2 aromatic heterocycles. The number of pyridine rings is 1. The van der Waals surface area contributed by atoms with Gasteiger partial charge in [-0.2, -0.15) is 0 Å². The molecule has 3 rings (SSSR count). The van der Waals surface area contributed by atoms with Crippen LogP contribution in [0, 0.1) is 0 Å². The number of nitrogens with one attached hydrogen (secondary N) is 1. The number of likely N-dealkylation sites (N-methyl/N-ethyl adjacent to an activating group) is 1. The summed E-state index contributed by atoms with van der Waals surface area (Å²) in [6.45, 7) is 4.76. The Morgan fingerprint density at radius 2 is 2.03 bits per heavy atom. The Morgan fingerprint density at radius 1 is 1.19 bits per heavy atom. The van der Waals surface area contributed by atoms with Crippen LogP contribution in [0.1, 0.15) is 18.2 Å². The molecule has 0 radical (unpaired) electrons. The van der Waals surface area contributed by atoms with E-state index in [0.29, 0.717) is 25.0 Å². The van der Waals surface area contributed by atoms with E-state index in [9.17, 15) is 9.59 Å². The highest BCUT2D eigenvalue weighted by molar-refractivity contribution is 5.81.